The molecule has 2 rings (SSSR count). The van der Waals surface area contributed by atoms with E-state index in [-0.39, 0.29) is 0 Å². The molecule has 2 unspecified atom stereocenters. The van der Waals surface area contributed by atoms with Crippen molar-refractivity contribution in [3.8, 4) is 0 Å². The van der Waals surface area contributed by atoms with Crippen LogP contribution >= 0.6 is 0 Å². The van der Waals surface area contributed by atoms with Crippen molar-refractivity contribution in [1.29, 1.82) is 0 Å². The van der Waals surface area contributed by atoms with E-state index in [1.807, 2.05) is 0 Å². The van der Waals surface area contributed by atoms with Crippen LogP contribution in [-0.4, -0.2) is 13.1 Å². The minimum absolute atomic E-state index is 0.737. The van der Waals surface area contributed by atoms with E-state index >= 15 is 0 Å². The number of nitrogens with one attached hydrogen (secondary N) is 1. The van der Waals surface area contributed by atoms with Crippen molar-refractivity contribution >= 4 is 0 Å². The maximum Gasteiger partial charge on any atom is -0.00151 e. The topological polar surface area (TPSA) is 12.0 Å². The van der Waals surface area contributed by atoms with Crippen molar-refractivity contribution in [2.24, 2.45) is 17.3 Å². The first kappa shape index (κ1) is 10.5. The average molecular weight is 195 g/mol. The molecular weight excluding hydrogens is 170 g/mol. The van der Waals surface area contributed by atoms with Gasteiger partial charge in [0.15, 0.2) is 0 Å². The molecular formula is C13H25N. The molecule has 1 saturated heterocycles. The molecule has 2 atom stereocenters. The second-order valence-corrected chi connectivity index (χ2v) is 5.30. The van der Waals surface area contributed by atoms with E-state index in [0.29, 0.717) is 0 Å². The molecule has 1 aliphatic heterocycles. The van der Waals surface area contributed by atoms with Gasteiger partial charge in [-0.15, -0.1) is 0 Å². The highest BCUT2D eigenvalue weighted by Gasteiger charge is 2.49. The maximum absolute atomic E-state index is 3.59. The summed E-state index contributed by atoms with van der Waals surface area (Å²) in [6, 6.07) is 0. The fourth-order valence-electron chi connectivity index (χ4n) is 3.69. The van der Waals surface area contributed by atoms with Gasteiger partial charge in [-0.1, -0.05) is 20.3 Å². The molecule has 1 saturated carbocycles. The van der Waals surface area contributed by atoms with Crippen molar-refractivity contribution in [2.45, 2.75) is 52.4 Å². The summed E-state index contributed by atoms with van der Waals surface area (Å²) < 4.78 is 0. The Morgan fingerprint density at radius 1 is 1.29 bits per heavy atom. The van der Waals surface area contributed by atoms with Crippen molar-refractivity contribution in [2.75, 3.05) is 13.1 Å². The normalized spacial score (nSPS) is 38.6. The summed E-state index contributed by atoms with van der Waals surface area (Å²) in [5, 5.41) is 3.59. The second-order valence-electron chi connectivity index (χ2n) is 5.30. The Kier molecular flexibility index (Phi) is 3.16. The molecule has 0 bridgehead atoms. The van der Waals surface area contributed by atoms with E-state index in [4.69, 9.17) is 0 Å². The minimum atomic E-state index is 0.737. The number of hydrogen-bond acceptors (Lipinski definition) is 1. The molecule has 2 fully saturated rings. The molecule has 1 heteroatoms. The lowest BCUT2D eigenvalue weighted by atomic mass is 9.64. The third-order valence-corrected chi connectivity index (χ3v) is 4.66. The van der Waals surface area contributed by atoms with Crippen LogP contribution < -0.4 is 5.32 Å². The smallest absolute Gasteiger partial charge is 0.00151 e. The summed E-state index contributed by atoms with van der Waals surface area (Å²) in [5.74, 6) is 2.06. The summed E-state index contributed by atoms with van der Waals surface area (Å²) in [4.78, 5) is 0. The zero-order valence-electron chi connectivity index (χ0n) is 9.81. The Bertz CT molecular complexity index is 184. The van der Waals surface area contributed by atoms with Crippen LogP contribution in [0.15, 0.2) is 0 Å². The third kappa shape index (κ3) is 1.71. The van der Waals surface area contributed by atoms with Crippen LogP contribution in [0.4, 0.5) is 0 Å². The maximum atomic E-state index is 3.59. The van der Waals surface area contributed by atoms with Gasteiger partial charge in [0.05, 0.1) is 0 Å². The molecule has 1 N–H and O–H groups in total. The summed E-state index contributed by atoms with van der Waals surface area (Å²) in [6.45, 7) is 7.32. The van der Waals surface area contributed by atoms with E-state index < -0.39 is 0 Å². The van der Waals surface area contributed by atoms with Gasteiger partial charge < -0.3 is 5.32 Å². The quantitative estimate of drug-likeness (QED) is 0.726. The van der Waals surface area contributed by atoms with Gasteiger partial charge in [-0.05, 0) is 62.4 Å². The predicted molar refractivity (Wildman–Crippen MR) is 61.3 cm³/mol. The molecule has 0 aromatic carbocycles. The van der Waals surface area contributed by atoms with Crippen LogP contribution in [0.5, 0.6) is 0 Å². The van der Waals surface area contributed by atoms with Crippen LogP contribution in [0.3, 0.4) is 0 Å². The van der Waals surface area contributed by atoms with Crippen molar-refractivity contribution in [3.05, 3.63) is 0 Å². The van der Waals surface area contributed by atoms with Crippen molar-refractivity contribution in [1.82, 2.24) is 5.32 Å². The summed E-state index contributed by atoms with van der Waals surface area (Å²) in [5.41, 5.74) is 0.737. The molecule has 1 aliphatic carbocycles. The van der Waals surface area contributed by atoms with Gasteiger partial charge in [-0.3, -0.25) is 0 Å². The predicted octanol–water partition coefficient (Wildman–Crippen LogP) is 3.20. The Labute approximate surface area is 88.7 Å². The van der Waals surface area contributed by atoms with E-state index in [2.05, 4.69) is 19.2 Å². The Balaban J connectivity index is 2.08. The molecule has 0 aromatic heterocycles. The van der Waals surface area contributed by atoms with Crippen LogP contribution in [0, 0.1) is 17.3 Å². The Hall–Kier alpha value is -0.0400. The lowest BCUT2D eigenvalue weighted by Crippen LogP contribution is -2.46. The van der Waals surface area contributed by atoms with E-state index in [1.54, 1.807) is 0 Å². The average Bonchev–Trinajstić information content (AvgIpc) is 3.03. The van der Waals surface area contributed by atoms with Crippen LogP contribution in [0.1, 0.15) is 52.4 Å². The highest BCUT2D eigenvalue weighted by atomic mass is 14.9. The first-order chi connectivity index (χ1) is 6.83. The molecule has 1 nitrogen and oxygen atoms in total. The monoisotopic (exact) mass is 195 g/mol. The SMILES string of the molecule is CCCC1CNCCC1(CC)C1CC1. The van der Waals surface area contributed by atoms with Gasteiger partial charge in [-0.2, -0.15) is 0 Å². The number of hydrogen-bond donors (Lipinski definition) is 1. The molecule has 0 aromatic rings. The van der Waals surface area contributed by atoms with Gasteiger partial charge in [0.25, 0.3) is 0 Å². The summed E-state index contributed by atoms with van der Waals surface area (Å²) in [6.07, 6.45) is 8.71. The van der Waals surface area contributed by atoms with Gasteiger partial charge in [0.1, 0.15) is 0 Å². The first-order valence-corrected chi connectivity index (χ1v) is 6.54. The zero-order valence-corrected chi connectivity index (χ0v) is 9.81. The standard InChI is InChI=1S/C13H25N/c1-3-5-12-10-14-9-8-13(12,4-2)11-6-7-11/h11-12,14H,3-10H2,1-2H3. The highest BCUT2D eigenvalue weighted by molar-refractivity contribution is 5.00. The molecule has 0 spiro atoms. The first-order valence-electron chi connectivity index (χ1n) is 6.54. The molecule has 0 amide bonds. The number of rotatable bonds is 4. The Morgan fingerprint density at radius 3 is 2.64 bits per heavy atom. The zero-order chi connectivity index (χ0) is 10.0. The van der Waals surface area contributed by atoms with Crippen LogP contribution in [-0.2, 0) is 0 Å². The lowest BCUT2D eigenvalue weighted by molar-refractivity contribution is 0.0670. The van der Waals surface area contributed by atoms with E-state index in [1.165, 1.54) is 51.6 Å². The number of piperidine rings is 1. The molecule has 82 valence electrons. The summed E-state index contributed by atoms with van der Waals surface area (Å²) >= 11 is 0. The van der Waals surface area contributed by atoms with Gasteiger partial charge >= 0.3 is 0 Å². The molecule has 14 heavy (non-hydrogen) atoms. The van der Waals surface area contributed by atoms with Crippen molar-refractivity contribution in [3.63, 3.8) is 0 Å². The third-order valence-electron chi connectivity index (χ3n) is 4.66. The van der Waals surface area contributed by atoms with Crippen LogP contribution in [0.2, 0.25) is 0 Å². The van der Waals surface area contributed by atoms with Gasteiger partial charge in [0.2, 0.25) is 0 Å². The second kappa shape index (κ2) is 4.22. The van der Waals surface area contributed by atoms with E-state index in [0.717, 1.165) is 17.3 Å². The lowest BCUT2D eigenvalue weighted by Gasteiger charge is -2.45. The molecule has 0 radical (unpaired) electrons. The largest absolute Gasteiger partial charge is 0.316 e. The van der Waals surface area contributed by atoms with Gasteiger partial charge in [0, 0.05) is 0 Å². The summed E-state index contributed by atoms with van der Waals surface area (Å²) in [7, 11) is 0. The van der Waals surface area contributed by atoms with Gasteiger partial charge in [-0.25, -0.2) is 0 Å². The van der Waals surface area contributed by atoms with Crippen molar-refractivity contribution < 1.29 is 0 Å². The fourth-order valence-corrected chi connectivity index (χ4v) is 3.69. The molecule has 2 aliphatic rings. The molecule has 1 heterocycles. The minimum Gasteiger partial charge on any atom is -0.316 e. The fraction of sp³-hybridized carbons (Fsp3) is 1.00. The van der Waals surface area contributed by atoms with E-state index in [9.17, 15) is 0 Å². The highest BCUT2D eigenvalue weighted by Crippen LogP contribution is 2.56. The van der Waals surface area contributed by atoms with Crippen LogP contribution in [0.25, 0.3) is 0 Å². The Morgan fingerprint density at radius 2 is 2.07 bits per heavy atom.